The Bertz CT molecular complexity index is 225. The molecule has 0 aliphatic carbocycles. The van der Waals surface area contributed by atoms with Crippen LogP contribution in [0.2, 0.25) is 0 Å². The molecule has 0 aromatic heterocycles. The van der Waals surface area contributed by atoms with Crippen LogP contribution < -0.4 is 5.32 Å². The smallest absolute Gasteiger partial charge is 0.304 e. The van der Waals surface area contributed by atoms with Gasteiger partial charge in [-0.1, -0.05) is 0 Å². The van der Waals surface area contributed by atoms with Crippen molar-refractivity contribution in [1.82, 2.24) is 10.2 Å². The van der Waals surface area contributed by atoms with Crippen molar-refractivity contribution in [3.8, 4) is 0 Å². The molecule has 1 fully saturated rings. The van der Waals surface area contributed by atoms with E-state index in [0.29, 0.717) is 12.1 Å². The van der Waals surface area contributed by atoms with Crippen molar-refractivity contribution < 1.29 is 9.90 Å². The number of hydrogen-bond donors (Lipinski definition) is 2. The van der Waals surface area contributed by atoms with Gasteiger partial charge < -0.3 is 10.4 Å². The maximum Gasteiger partial charge on any atom is 0.304 e. The van der Waals surface area contributed by atoms with Crippen molar-refractivity contribution in [1.29, 1.82) is 0 Å². The predicted molar refractivity (Wildman–Crippen MR) is 64.6 cm³/mol. The van der Waals surface area contributed by atoms with Gasteiger partial charge in [0.05, 0.1) is 6.42 Å². The predicted octanol–water partition coefficient (Wildman–Crippen LogP) is 1.31. The van der Waals surface area contributed by atoms with Gasteiger partial charge in [-0.05, 0) is 40.2 Å². The molecule has 4 heteroatoms. The highest BCUT2D eigenvalue weighted by Gasteiger charge is 2.24. The molecule has 2 unspecified atom stereocenters. The second-order valence-electron chi connectivity index (χ2n) is 5.03. The molecule has 0 amide bonds. The summed E-state index contributed by atoms with van der Waals surface area (Å²) in [5.74, 6) is -0.711. The van der Waals surface area contributed by atoms with E-state index in [1.165, 1.54) is 12.8 Å². The molecule has 0 bridgehead atoms. The van der Waals surface area contributed by atoms with Crippen LogP contribution in [0.5, 0.6) is 0 Å². The average Bonchev–Trinajstić information content (AvgIpc) is 2.64. The molecule has 0 radical (unpaired) electrons. The third-order valence-corrected chi connectivity index (χ3v) is 3.29. The van der Waals surface area contributed by atoms with E-state index in [4.69, 9.17) is 5.11 Å². The van der Waals surface area contributed by atoms with Crippen LogP contribution in [-0.2, 0) is 4.79 Å². The number of nitrogens with zero attached hydrogens (tertiary/aromatic N) is 1. The summed E-state index contributed by atoms with van der Waals surface area (Å²) in [6.07, 6.45) is 2.68. The Balaban J connectivity index is 2.48. The van der Waals surface area contributed by atoms with Gasteiger partial charge in [0.1, 0.15) is 0 Å². The molecule has 0 spiro atoms. The first-order valence-electron chi connectivity index (χ1n) is 6.21. The Morgan fingerprint density at radius 2 is 2.19 bits per heavy atom. The zero-order valence-corrected chi connectivity index (χ0v) is 10.6. The van der Waals surface area contributed by atoms with E-state index < -0.39 is 5.97 Å². The number of carbonyl (C=O) groups is 1. The number of aliphatic carboxylic acids is 1. The van der Waals surface area contributed by atoms with Crippen LogP contribution in [0, 0.1) is 0 Å². The number of carboxylic acids is 1. The minimum atomic E-state index is -0.711. The first-order valence-corrected chi connectivity index (χ1v) is 6.21. The maximum atomic E-state index is 10.7. The van der Waals surface area contributed by atoms with Gasteiger partial charge in [0.2, 0.25) is 0 Å². The number of carboxylic acid groups (broad SMARTS) is 1. The van der Waals surface area contributed by atoms with Gasteiger partial charge in [-0.2, -0.15) is 0 Å². The Kier molecular flexibility index (Phi) is 5.22. The van der Waals surface area contributed by atoms with Crippen LogP contribution in [0.4, 0.5) is 0 Å². The molecule has 16 heavy (non-hydrogen) atoms. The zero-order chi connectivity index (χ0) is 12.1. The highest BCUT2D eigenvalue weighted by atomic mass is 16.4. The van der Waals surface area contributed by atoms with E-state index in [1.807, 2.05) is 6.92 Å². The molecule has 0 aromatic carbocycles. The van der Waals surface area contributed by atoms with E-state index in [9.17, 15) is 4.79 Å². The molecular formula is C12H24N2O2. The summed E-state index contributed by atoms with van der Waals surface area (Å²) in [5, 5.41) is 12.3. The van der Waals surface area contributed by atoms with Crippen LogP contribution in [0.3, 0.4) is 0 Å². The Morgan fingerprint density at radius 1 is 1.50 bits per heavy atom. The van der Waals surface area contributed by atoms with Gasteiger partial charge in [-0.3, -0.25) is 9.69 Å². The van der Waals surface area contributed by atoms with Crippen molar-refractivity contribution in [2.45, 2.75) is 58.2 Å². The van der Waals surface area contributed by atoms with Gasteiger partial charge in [-0.25, -0.2) is 0 Å². The molecule has 1 aliphatic heterocycles. The summed E-state index contributed by atoms with van der Waals surface area (Å²) in [5.41, 5.74) is 0. The van der Waals surface area contributed by atoms with E-state index in [0.717, 1.165) is 13.1 Å². The fraction of sp³-hybridized carbons (Fsp3) is 0.917. The van der Waals surface area contributed by atoms with E-state index in [1.54, 1.807) is 0 Å². The minimum Gasteiger partial charge on any atom is -0.481 e. The van der Waals surface area contributed by atoms with Crippen molar-refractivity contribution >= 4 is 5.97 Å². The molecule has 4 nitrogen and oxygen atoms in total. The normalized spacial score (nSPS) is 22.9. The number of nitrogens with one attached hydrogen (secondary N) is 1. The first-order chi connectivity index (χ1) is 7.50. The summed E-state index contributed by atoms with van der Waals surface area (Å²) < 4.78 is 0. The van der Waals surface area contributed by atoms with Gasteiger partial charge in [-0.15, -0.1) is 0 Å². The number of hydrogen-bond acceptors (Lipinski definition) is 3. The van der Waals surface area contributed by atoms with Gasteiger partial charge in [0.25, 0.3) is 0 Å². The summed E-state index contributed by atoms with van der Waals surface area (Å²) in [7, 11) is 0. The topological polar surface area (TPSA) is 52.6 Å². The highest BCUT2D eigenvalue weighted by molar-refractivity contribution is 5.67. The summed E-state index contributed by atoms with van der Waals surface area (Å²) >= 11 is 0. The first kappa shape index (κ1) is 13.5. The van der Waals surface area contributed by atoms with Gasteiger partial charge in [0.15, 0.2) is 0 Å². The monoisotopic (exact) mass is 228 g/mol. The standard InChI is InChI=1S/C12H24N2O2/c1-9(2)14(10(3)7-12(15)16)8-11-5-4-6-13-11/h9-11,13H,4-8H2,1-3H3,(H,15,16). The van der Waals surface area contributed by atoms with Crippen LogP contribution in [0.15, 0.2) is 0 Å². The lowest BCUT2D eigenvalue weighted by Gasteiger charge is -2.34. The fourth-order valence-electron chi connectivity index (χ4n) is 2.44. The zero-order valence-electron chi connectivity index (χ0n) is 10.6. The Labute approximate surface area is 98.0 Å². The maximum absolute atomic E-state index is 10.7. The third-order valence-electron chi connectivity index (χ3n) is 3.29. The molecule has 94 valence electrons. The van der Waals surface area contributed by atoms with E-state index in [-0.39, 0.29) is 12.5 Å². The van der Waals surface area contributed by atoms with Crippen molar-refractivity contribution in [2.24, 2.45) is 0 Å². The molecule has 1 saturated heterocycles. The van der Waals surface area contributed by atoms with Crippen molar-refractivity contribution in [3.05, 3.63) is 0 Å². The Morgan fingerprint density at radius 3 is 2.62 bits per heavy atom. The summed E-state index contributed by atoms with van der Waals surface area (Å²) in [4.78, 5) is 13.0. The lowest BCUT2D eigenvalue weighted by atomic mass is 10.1. The van der Waals surface area contributed by atoms with Crippen molar-refractivity contribution in [3.63, 3.8) is 0 Å². The summed E-state index contributed by atoms with van der Waals surface area (Å²) in [6, 6.07) is 1.05. The average molecular weight is 228 g/mol. The molecule has 2 atom stereocenters. The van der Waals surface area contributed by atoms with Crippen LogP contribution in [0.1, 0.15) is 40.0 Å². The lowest BCUT2D eigenvalue weighted by molar-refractivity contribution is -0.138. The summed E-state index contributed by atoms with van der Waals surface area (Å²) in [6.45, 7) is 8.33. The fourth-order valence-corrected chi connectivity index (χ4v) is 2.44. The second kappa shape index (κ2) is 6.21. The molecule has 1 aliphatic rings. The molecule has 1 heterocycles. The van der Waals surface area contributed by atoms with Crippen LogP contribution >= 0.6 is 0 Å². The molecule has 1 rings (SSSR count). The van der Waals surface area contributed by atoms with E-state index in [2.05, 4.69) is 24.1 Å². The third kappa shape index (κ3) is 4.10. The highest BCUT2D eigenvalue weighted by Crippen LogP contribution is 2.14. The molecule has 0 aromatic rings. The van der Waals surface area contributed by atoms with Gasteiger partial charge in [0, 0.05) is 24.7 Å². The second-order valence-corrected chi connectivity index (χ2v) is 5.03. The number of rotatable bonds is 6. The van der Waals surface area contributed by atoms with Crippen molar-refractivity contribution in [2.75, 3.05) is 13.1 Å². The quantitative estimate of drug-likeness (QED) is 0.720. The van der Waals surface area contributed by atoms with E-state index >= 15 is 0 Å². The van der Waals surface area contributed by atoms with Crippen LogP contribution in [0.25, 0.3) is 0 Å². The Hall–Kier alpha value is -0.610. The lowest BCUT2D eigenvalue weighted by Crippen LogP contribution is -2.46. The minimum absolute atomic E-state index is 0.111. The molecule has 0 saturated carbocycles. The SMILES string of the molecule is CC(C)N(CC1CCCN1)C(C)CC(=O)O. The largest absolute Gasteiger partial charge is 0.481 e. The van der Waals surface area contributed by atoms with Crippen LogP contribution in [-0.4, -0.2) is 47.2 Å². The van der Waals surface area contributed by atoms with Gasteiger partial charge >= 0.3 is 5.97 Å². The molecular weight excluding hydrogens is 204 g/mol. The molecule has 2 N–H and O–H groups in total.